The number of nitrogens with zero attached hydrogens (tertiary/aromatic N) is 6. The van der Waals surface area contributed by atoms with Gasteiger partial charge in [-0.1, -0.05) is 48.2 Å². The minimum Gasteiger partial charge on any atom is -0.420 e. The normalized spacial score (nSPS) is 11.0. The molecule has 5 aromatic rings. The largest absolute Gasteiger partial charge is 0.420 e. The summed E-state index contributed by atoms with van der Waals surface area (Å²) >= 11 is 3.08. The number of hydrogen-bond acceptors (Lipinski definition) is 9. The molecule has 3 aromatic heterocycles. The Morgan fingerprint density at radius 2 is 1.79 bits per heavy atom. The molecular weight excluding hydrogens is 460 g/mol. The van der Waals surface area contributed by atoms with E-state index in [1.54, 1.807) is 23.5 Å². The van der Waals surface area contributed by atoms with E-state index >= 15 is 0 Å². The SMILES string of the molecule is O=[N+]([O-])c1ccc(-c2nnc(CSc3nnc(-c4cccs4)n3Cc3ccccc3)o2)cc1. The van der Waals surface area contributed by atoms with Crippen LogP contribution in [0.4, 0.5) is 5.69 Å². The summed E-state index contributed by atoms with van der Waals surface area (Å²) in [6.45, 7) is 0.640. The highest BCUT2D eigenvalue weighted by Crippen LogP contribution is 2.30. The van der Waals surface area contributed by atoms with Gasteiger partial charge >= 0.3 is 0 Å². The van der Waals surface area contributed by atoms with E-state index in [0.29, 0.717) is 29.6 Å². The quantitative estimate of drug-likeness (QED) is 0.168. The molecule has 0 radical (unpaired) electrons. The van der Waals surface area contributed by atoms with Crippen LogP contribution in [0.3, 0.4) is 0 Å². The third-order valence-corrected chi connectivity index (χ3v) is 6.58. The van der Waals surface area contributed by atoms with Crippen molar-refractivity contribution in [2.24, 2.45) is 0 Å². The van der Waals surface area contributed by atoms with Crippen LogP contribution in [-0.4, -0.2) is 29.9 Å². The van der Waals surface area contributed by atoms with Gasteiger partial charge in [-0.3, -0.25) is 14.7 Å². The summed E-state index contributed by atoms with van der Waals surface area (Å²) < 4.78 is 7.84. The molecule has 9 nitrogen and oxygen atoms in total. The van der Waals surface area contributed by atoms with Crippen molar-refractivity contribution in [3.05, 3.63) is 93.7 Å². The molecule has 3 heterocycles. The summed E-state index contributed by atoms with van der Waals surface area (Å²) in [5, 5.41) is 30.6. The second kappa shape index (κ2) is 9.35. The molecule has 0 atom stereocenters. The average molecular weight is 477 g/mol. The number of thiophene rings is 1. The van der Waals surface area contributed by atoms with Crippen molar-refractivity contribution in [2.45, 2.75) is 17.5 Å². The number of non-ortho nitro benzene ring substituents is 1. The molecule has 11 heteroatoms. The minimum atomic E-state index is -0.449. The van der Waals surface area contributed by atoms with E-state index in [1.807, 2.05) is 35.7 Å². The van der Waals surface area contributed by atoms with Gasteiger partial charge in [0.1, 0.15) is 0 Å². The Balaban J connectivity index is 1.35. The number of nitro benzene ring substituents is 1. The maximum absolute atomic E-state index is 10.8. The number of hydrogen-bond donors (Lipinski definition) is 0. The zero-order chi connectivity index (χ0) is 22.6. The maximum atomic E-state index is 10.8. The number of aromatic nitrogens is 5. The van der Waals surface area contributed by atoms with Gasteiger partial charge in [0.05, 0.1) is 22.1 Å². The van der Waals surface area contributed by atoms with E-state index in [1.165, 1.54) is 23.9 Å². The Kier molecular flexibility index (Phi) is 5.96. The molecule has 0 aliphatic carbocycles. The average Bonchev–Trinajstić information content (AvgIpc) is 3.60. The van der Waals surface area contributed by atoms with Crippen LogP contribution in [0.15, 0.2) is 81.7 Å². The lowest BCUT2D eigenvalue weighted by Crippen LogP contribution is -2.03. The lowest BCUT2D eigenvalue weighted by molar-refractivity contribution is -0.384. The van der Waals surface area contributed by atoms with Crippen molar-refractivity contribution in [2.75, 3.05) is 0 Å². The Labute approximate surface area is 196 Å². The molecular formula is C22H16N6O3S2. The fourth-order valence-corrected chi connectivity index (χ4v) is 4.66. The molecule has 0 aliphatic heterocycles. The third kappa shape index (κ3) is 4.69. The topological polar surface area (TPSA) is 113 Å². The lowest BCUT2D eigenvalue weighted by Gasteiger charge is -2.09. The first kappa shape index (κ1) is 21.0. The summed E-state index contributed by atoms with van der Waals surface area (Å²) in [4.78, 5) is 11.4. The number of benzene rings is 2. The van der Waals surface area contributed by atoms with Gasteiger partial charge in [0.15, 0.2) is 11.0 Å². The van der Waals surface area contributed by atoms with E-state index in [0.717, 1.165) is 21.4 Å². The van der Waals surface area contributed by atoms with Crippen LogP contribution >= 0.6 is 23.1 Å². The molecule has 2 aromatic carbocycles. The van der Waals surface area contributed by atoms with Crippen LogP contribution in [0.25, 0.3) is 22.2 Å². The smallest absolute Gasteiger partial charge is 0.269 e. The van der Waals surface area contributed by atoms with E-state index < -0.39 is 4.92 Å². The molecule has 0 aliphatic rings. The van der Waals surface area contributed by atoms with Crippen LogP contribution in [0, 0.1) is 10.1 Å². The fraction of sp³-hybridized carbons (Fsp3) is 0.0909. The number of thioether (sulfide) groups is 1. The van der Waals surface area contributed by atoms with Crippen LogP contribution in [0.5, 0.6) is 0 Å². The molecule has 33 heavy (non-hydrogen) atoms. The Morgan fingerprint density at radius 3 is 2.52 bits per heavy atom. The molecule has 0 unspecified atom stereocenters. The highest BCUT2D eigenvalue weighted by atomic mass is 32.2. The summed E-state index contributed by atoms with van der Waals surface area (Å²) in [7, 11) is 0. The van der Waals surface area contributed by atoms with Crippen molar-refractivity contribution in [3.8, 4) is 22.2 Å². The predicted octanol–water partition coefficient (Wildman–Crippen LogP) is 5.31. The molecule has 0 fully saturated rings. The summed E-state index contributed by atoms with van der Waals surface area (Å²) in [5.41, 5.74) is 1.78. The van der Waals surface area contributed by atoms with E-state index in [4.69, 9.17) is 4.42 Å². The summed E-state index contributed by atoms with van der Waals surface area (Å²) in [6, 6.07) is 20.2. The van der Waals surface area contributed by atoms with Gasteiger partial charge in [0, 0.05) is 17.7 Å². The zero-order valence-corrected chi connectivity index (χ0v) is 18.7. The summed E-state index contributed by atoms with van der Waals surface area (Å²) in [5.74, 6) is 1.97. The van der Waals surface area contributed by atoms with E-state index in [2.05, 4.69) is 37.1 Å². The Bertz CT molecular complexity index is 1370. The van der Waals surface area contributed by atoms with Gasteiger partial charge in [-0.15, -0.1) is 31.7 Å². The van der Waals surface area contributed by atoms with Crippen molar-refractivity contribution < 1.29 is 9.34 Å². The molecule has 0 bridgehead atoms. The standard InChI is InChI=1S/C22H16N6O3S2/c29-28(30)17-10-8-16(9-11-17)21-25-23-19(31-21)14-33-22-26-24-20(18-7-4-12-32-18)27(22)13-15-5-2-1-3-6-15/h1-12H,13-14H2. The van der Waals surface area contributed by atoms with Gasteiger partial charge in [0.25, 0.3) is 5.69 Å². The van der Waals surface area contributed by atoms with Gasteiger partial charge < -0.3 is 4.42 Å². The molecule has 164 valence electrons. The van der Waals surface area contributed by atoms with E-state index in [9.17, 15) is 10.1 Å². The summed E-state index contributed by atoms with van der Waals surface area (Å²) in [6.07, 6.45) is 0. The van der Waals surface area contributed by atoms with Gasteiger partial charge in [0.2, 0.25) is 11.8 Å². The molecule has 0 saturated carbocycles. The molecule has 0 spiro atoms. The molecule has 0 amide bonds. The van der Waals surface area contributed by atoms with Crippen molar-refractivity contribution in [3.63, 3.8) is 0 Å². The van der Waals surface area contributed by atoms with Crippen LogP contribution < -0.4 is 0 Å². The van der Waals surface area contributed by atoms with Crippen molar-refractivity contribution in [1.29, 1.82) is 0 Å². The zero-order valence-electron chi connectivity index (χ0n) is 17.1. The lowest BCUT2D eigenvalue weighted by atomic mass is 10.2. The molecule has 0 saturated heterocycles. The fourth-order valence-electron chi connectivity index (χ4n) is 3.17. The molecule has 0 N–H and O–H groups in total. The first-order valence-corrected chi connectivity index (χ1v) is 11.7. The number of rotatable bonds is 8. The second-order valence-corrected chi connectivity index (χ2v) is 8.84. The first-order chi connectivity index (χ1) is 16.2. The van der Waals surface area contributed by atoms with Crippen LogP contribution in [0.1, 0.15) is 11.5 Å². The van der Waals surface area contributed by atoms with Gasteiger partial charge in [-0.05, 0) is 29.1 Å². The first-order valence-electron chi connectivity index (χ1n) is 9.88. The second-order valence-electron chi connectivity index (χ2n) is 6.95. The van der Waals surface area contributed by atoms with Crippen molar-refractivity contribution >= 4 is 28.8 Å². The van der Waals surface area contributed by atoms with Crippen LogP contribution in [-0.2, 0) is 12.3 Å². The number of nitro groups is 1. The minimum absolute atomic E-state index is 0.00772. The maximum Gasteiger partial charge on any atom is 0.269 e. The Hall–Kier alpha value is -3.83. The highest BCUT2D eigenvalue weighted by Gasteiger charge is 2.17. The predicted molar refractivity (Wildman–Crippen MR) is 125 cm³/mol. The van der Waals surface area contributed by atoms with Crippen molar-refractivity contribution in [1.82, 2.24) is 25.0 Å². The third-order valence-electron chi connectivity index (χ3n) is 4.76. The Morgan fingerprint density at radius 1 is 0.970 bits per heavy atom. The van der Waals surface area contributed by atoms with Gasteiger partial charge in [-0.25, -0.2) is 0 Å². The molecule has 5 rings (SSSR count). The van der Waals surface area contributed by atoms with Gasteiger partial charge in [-0.2, -0.15) is 0 Å². The van der Waals surface area contributed by atoms with E-state index in [-0.39, 0.29) is 5.69 Å². The highest BCUT2D eigenvalue weighted by molar-refractivity contribution is 7.98. The van der Waals surface area contributed by atoms with Crippen LogP contribution in [0.2, 0.25) is 0 Å². The monoisotopic (exact) mass is 476 g/mol.